The number of ether oxygens (including phenoxy) is 2. The largest absolute Gasteiger partial charge is 0.497 e. The molecule has 1 unspecified atom stereocenters. The summed E-state index contributed by atoms with van der Waals surface area (Å²) >= 11 is 1.17. The average molecular weight is 487 g/mol. The molecule has 8 heteroatoms. The summed E-state index contributed by atoms with van der Waals surface area (Å²) in [5.74, 6) is 2.87. The van der Waals surface area contributed by atoms with E-state index in [0.29, 0.717) is 18.4 Å². The van der Waals surface area contributed by atoms with Crippen molar-refractivity contribution in [1.82, 2.24) is 9.88 Å². The molecule has 0 radical (unpaired) electrons. The molecule has 0 spiro atoms. The van der Waals surface area contributed by atoms with Crippen molar-refractivity contribution in [3.63, 3.8) is 0 Å². The van der Waals surface area contributed by atoms with Crippen LogP contribution in [0.1, 0.15) is 69.7 Å². The van der Waals surface area contributed by atoms with E-state index in [-0.39, 0.29) is 28.4 Å². The molecule has 1 aromatic carbocycles. The van der Waals surface area contributed by atoms with Crippen LogP contribution >= 0.6 is 11.8 Å². The van der Waals surface area contributed by atoms with E-state index in [4.69, 9.17) is 18.9 Å². The van der Waals surface area contributed by atoms with Crippen LogP contribution in [0.5, 0.6) is 5.75 Å². The van der Waals surface area contributed by atoms with Crippen LogP contribution in [0.3, 0.4) is 0 Å². The Labute approximate surface area is 205 Å². The fourth-order valence-corrected chi connectivity index (χ4v) is 5.78. The smallest absolute Gasteiger partial charge is 0.288 e. The number of methoxy groups -OCH3 is 1. The highest BCUT2D eigenvalue weighted by Gasteiger charge is 2.37. The molecule has 3 atom stereocenters. The third-order valence-corrected chi connectivity index (χ3v) is 7.92. The molecule has 2 heterocycles. The Balaban J connectivity index is 1.35. The van der Waals surface area contributed by atoms with Crippen LogP contribution in [-0.4, -0.2) is 46.5 Å². The lowest BCUT2D eigenvalue weighted by Gasteiger charge is -2.29. The molecule has 2 aliphatic rings. The van der Waals surface area contributed by atoms with Gasteiger partial charge in [0.1, 0.15) is 17.2 Å². The van der Waals surface area contributed by atoms with Crippen molar-refractivity contribution in [2.75, 3.05) is 14.2 Å². The van der Waals surface area contributed by atoms with E-state index in [9.17, 15) is 9.59 Å². The van der Waals surface area contributed by atoms with Gasteiger partial charge in [-0.1, -0.05) is 44.5 Å². The van der Waals surface area contributed by atoms with Crippen molar-refractivity contribution in [3.05, 3.63) is 35.7 Å². The van der Waals surface area contributed by atoms with Gasteiger partial charge in [0.05, 0.1) is 25.1 Å². The summed E-state index contributed by atoms with van der Waals surface area (Å²) in [6.45, 7) is 4.62. The third kappa shape index (κ3) is 5.66. The first kappa shape index (κ1) is 24.8. The Bertz CT molecular complexity index is 1020. The second kappa shape index (κ2) is 11.0. The number of imide groups is 1. The zero-order valence-corrected chi connectivity index (χ0v) is 21.2. The first-order valence-corrected chi connectivity index (χ1v) is 13.0. The number of amides is 2. The van der Waals surface area contributed by atoms with E-state index in [2.05, 4.69) is 13.8 Å². The van der Waals surface area contributed by atoms with Gasteiger partial charge in [0.2, 0.25) is 11.8 Å². The van der Waals surface area contributed by atoms with Crippen LogP contribution < -0.4 is 4.74 Å². The van der Waals surface area contributed by atoms with E-state index < -0.39 is 0 Å². The lowest BCUT2D eigenvalue weighted by Crippen LogP contribution is -2.28. The second-order valence-electron chi connectivity index (χ2n) is 9.53. The first-order valence-electron chi connectivity index (χ1n) is 12.1. The van der Waals surface area contributed by atoms with Gasteiger partial charge in [-0.3, -0.25) is 14.5 Å². The number of rotatable bonds is 9. The van der Waals surface area contributed by atoms with Gasteiger partial charge in [-0.05, 0) is 49.8 Å². The van der Waals surface area contributed by atoms with Crippen molar-refractivity contribution in [2.24, 2.45) is 5.92 Å². The van der Waals surface area contributed by atoms with Gasteiger partial charge in [0.25, 0.3) is 5.24 Å². The standard InChI is InChI=1S/C26H34N2O5S/c1-16(2)23-21(27-24(33-23)18-8-6-9-19(14-18)31-4)15-32-20-10-5-7-17(13-20)11-12-22-25(29)28(3)26(30)34-22/h6,8-9,14,16-17,20,22H,5,7,10-13,15H2,1-4H3/t17-,20-,22?/m0/s1. The molecule has 0 N–H and O–H groups in total. The molecule has 7 nitrogen and oxygen atoms in total. The number of aromatic nitrogens is 1. The number of hydrogen-bond acceptors (Lipinski definition) is 7. The molecule has 2 fully saturated rings. The summed E-state index contributed by atoms with van der Waals surface area (Å²) in [6.07, 6.45) is 6.15. The number of thioether (sulfide) groups is 1. The van der Waals surface area contributed by atoms with Crippen LogP contribution in [0.2, 0.25) is 0 Å². The Hall–Kier alpha value is -2.32. The second-order valence-corrected chi connectivity index (χ2v) is 10.7. The Morgan fingerprint density at radius 1 is 1.24 bits per heavy atom. The lowest BCUT2D eigenvalue weighted by molar-refractivity contribution is -0.125. The number of carbonyl (C=O) groups is 2. The van der Waals surface area contributed by atoms with E-state index in [1.165, 1.54) is 16.7 Å². The number of oxazole rings is 1. The van der Waals surface area contributed by atoms with Crippen molar-refractivity contribution in [1.29, 1.82) is 0 Å². The zero-order chi connectivity index (χ0) is 24.2. The molecular weight excluding hydrogens is 452 g/mol. The summed E-state index contributed by atoms with van der Waals surface area (Å²) < 4.78 is 17.8. The summed E-state index contributed by atoms with van der Waals surface area (Å²) in [7, 11) is 3.21. The SMILES string of the molecule is COc1cccc(-c2nc(CO[C@H]3CCC[C@@H](CCC4SC(=O)N(C)C4=O)C3)c(C(C)C)o2)c1. The average Bonchev–Trinajstić information content (AvgIpc) is 3.39. The van der Waals surface area contributed by atoms with Crippen molar-refractivity contribution < 1.29 is 23.5 Å². The quantitative estimate of drug-likeness (QED) is 0.428. The van der Waals surface area contributed by atoms with Gasteiger partial charge in [-0.25, -0.2) is 4.98 Å². The van der Waals surface area contributed by atoms with Crippen LogP contribution in [0, 0.1) is 5.92 Å². The highest BCUT2D eigenvalue weighted by molar-refractivity contribution is 8.15. The van der Waals surface area contributed by atoms with E-state index in [0.717, 1.165) is 61.3 Å². The summed E-state index contributed by atoms with van der Waals surface area (Å²) in [5, 5.41) is -0.362. The molecule has 1 aliphatic carbocycles. The minimum Gasteiger partial charge on any atom is -0.497 e. The van der Waals surface area contributed by atoms with Gasteiger partial charge < -0.3 is 13.9 Å². The zero-order valence-electron chi connectivity index (χ0n) is 20.4. The molecule has 1 aliphatic heterocycles. The van der Waals surface area contributed by atoms with Crippen LogP contribution in [0.15, 0.2) is 28.7 Å². The van der Waals surface area contributed by atoms with Gasteiger partial charge in [0.15, 0.2) is 0 Å². The van der Waals surface area contributed by atoms with Crippen molar-refractivity contribution in [3.8, 4) is 17.2 Å². The minimum absolute atomic E-state index is 0.0577. The molecule has 1 aromatic heterocycles. The number of nitrogens with zero attached hydrogens (tertiary/aromatic N) is 2. The topological polar surface area (TPSA) is 81.9 Å². The predicted octanol–water partition coefficient (Wildman–Crippen LogP) is 6.02. The fourth-order valence-electron chi connectivity index (χ4n) is 4.78. The van der Waals surface area contributed by atoms with Gasteiger partial charge >= 0.3 is 0 Å². The Morgan fingerprint density at radius 3 is 2.76 bits per heavy atom. The number of benzene rings is 1. The summed E-state index contributed by atoms with van der Waals surface area (Å²) in [6, 6.07) is 7.71. The monoisotopic (exact) mass is 486 g/mol. The fraction of sp³-hybridized carbons (Fsp3) is 0.577. The Morgan fingerprint density at radius 2 is 2.06 bits per heavy atom. The number of hydrogen-bond donors (Lipinski definition) is 0. The molecular formula is C26H34N2O5S. The Kier molecular flexibility index (Phi) is 7.99. The molecule has 4 rings (SSSR count). The maximum absolute atomic E-state index is 12.2. The first-order chi connectivity index (χ1) is 16.4. The maximum Gasteiger partial charge on any atom is 0.288 e. The van der Waals surface area contributed by atoms with Crippen LogP contribution in [0.4, 0.5) is 4.79 Å². The number of carbonyl (C=O) groups excluding carboxylic acids is 2. The molecule has 2 amide bonds. The highest BCUT2D eigenvalue weighted by atomic mass is 32.2. The molecule has 0 bridgehead atoms. The predicted molar refractivity (Wildman–Crippen MR) is 132 cm³/mol. The van der Waals surface area contributed by atoms with Crippen LogP contribution in [0.25, 0.3) is 11.5 Å². The summed E-state index contributed by atoms with van der Waals surface area (Å²) in [5.41, 5.74) is 1.73. The molecule has 34 heavy (non-hydrogen) atoms. The third-order valence-electron chi connectivity index (χ3n) is 6.72. The molecule has 1 saturated heterocycles. The van der Waals surface area contributed by atoms with Gasteiger partial charge in [0, 0.05) is 18.5 Å². The van der Waals surface area contributed by atoms with E-state index in [1.54, 1.807) is 14.2 Å². The van der Waals surface area contributed by atoms with Gasteiger partial charge in [-0.2, -0.15) is 0 Å². The van der Waals surface area contributed by atoms with Crippen molar-refractivity contribution in [2.45, 2.75) is 76.3 Å². The van der Waals surface area contributed by atoms with Crippen molar-refractivity contribution >= 4 is 22.9 Å². The minimum atomic E-state index is -0.224. The van der Waals surface area contributed by atoms with E-state index in [1.807, 2.05) is 24.3 Å². The van der Waals surface area contributed by atoms with E-state index >= 15 is 0 Å². The summed E-state index contributed by atoms with van der Waals surface area (Å²) in [4.78, 5) is 29.9. The normalized spacial score (nSPS) is 23.2. The maximum atomic E-state index is 12.2. The highest BCUT2D eigenvalue weighted by Crippen LogP contribution is 2.35. The van der Waals surface area contributed by atoms with Gasteiger partial charge in [-0.15, -0.1) is 0 Å². The van der Waals surface area contributed by atoms with Crippen LogP contribution in [-0.2, 0) is 16.1 Å². The lowest BCUT2D eigenvalue weighted by atomic mass is 9.84. The molecule has 2 aromatic rings. The molecule has 184 valence electrons. The molecule has 1 saturated carbocycles.